The highest BCUT2D eigenvalue weighted by atomic mass is 16.6. The fraction of sp³-hybridized carbons (Fsp3) is 0.476. The number of rotatable bonds is 9. The zero-order chi connectivity index (χ0) is 23.4. The van der Waals surface area contributed by atoms with Gasteiger partial charge in [0, 0.05) is 25.2 Å². The SMILES string of the molecule is CC(=O)OC[C@@H]1O[C@H](c2nc3ccccc3o2)[C@H](CC(=O)O)[C@@H](CC(=O)O)[C@@H]1CC(=O)O. The van der Waals surface area contributed by atoms with E-state index in [4.69, 9.17) is 13.9 Å². The molecule has 0 spiro atoms. The Morgan fingerprint density at radius 1 is 0.938 bits per heavy atom. The van der Waals surface area contributed by atoms with E-state index in [-0.39, 0.29) is 12.5 Å². The molecule has 2 heterocycles. The first-order chi connectivity index (χ1) is 15.2. The Morgan fingerprint density at radius 2 is 1.53 bits per heavy atom. The van der Waals surface area contributed by atoms with E-state index in [1.807, 2.05) is 0 Å². The summed E-state index contributed by atoms with van der Waals surface area (Å²) in [5.41, 5.74) is 0.929. The molecule has 0 aliphatic carbocycles. The Kier molecular flexibility index (Phi) is 7.08. The van der Waals surface area contributed by atoms with Crippen molar-refractivity contribution in [2.45, 2.75) is 38.4 Å². The first-order valence-electron chi connectivity index (χ1n) is 9.95. The first-order valence-corrected chi connectivity index (χ1v) is 9.95. The van der Waals surface area contributed by atoms with Crippen LogP contribution in [0.1, 0.15) is 38.2 Å². The van der Waals surface area contributed by atoms with Crippen LogP contribution in [0, 0.1) is 17.8 Å². The fourth-order valence-corrected chi connectivity index (χ4v) is 4.27. The predicted octanol–water partition coefficient (Wildman–Crippen LogP) is 2.10. The average molecular weight is 449 g/mol. The predicted molar refractivity (Wildman–Crippen MR) is 105 cm³/mol. The number of aromatic nitrogens is 1. The van der Waals surface area contributed by atoms with E-state index in [1.54, 1.807) is 24.3 Å². The zero-order valence-electron chi connectivity index (χ0n) is 17.2. The highest BCUT2D eigenvalue weighted by Crippen LogP contribution is 2.48. The van der Waals surface area contributed by atoms with E-state index in [2.05, 4.69) is 4.98 Å². The van der Waals surface area contributed by atoms with Gasteiger partial charge in [-0.05, 0) is 18.1 Å². The number of ether oxygens (including phenoxy) is 2. The van der Waals surface area contributed by atoms with Crippen molar-refractivity contribution in [3.8, 4) is 0 Å². The Hall–Kier alpha value is -3.47. The maximum absolute atomic E-state index is 11.6. The molecule has 1 aromatic heterocycles. The number of aliphatic carboxylic acids is 3. The van der Waals surface area contributed by atoms with Crippen LogP contribution in [0.4, 0.5) is 0 Å². The summed E-state index contributed by atoms with van der Waals surface area (Å²) in [7, 11) is 0. The van der Waals surface area contributed by atoms with Crippen molar-refractivity contribution in [3.63, 3.8) is 0 Å². The van der Waals surface area contributed by atoms with Gasteiger partial charge in [0.15, 0.2) is 5.58 Å². The van der Waals surface area contributed by atoms with Crippen LogP contribution in [0.15, 0.2) is 28.7 Å². The van der Waals surface area contributed by atoms with Crippen molar-refractivity contribution in [1.29, 1.82) is 0 Å². The van der Waals surface area contributed by atoms with Gasteiger partial charge in [0.25, 0.3) is 0 Å². The Labute approximate surface area is 181 Å². The number of carbonyl (C=O) groups is 4. The highest BCUT2D eigenvalue weighted by Gasteiger charge is 2.50. The van der Waals surface area contributed by atoms with Gasteiger partial charge in [-0.2, -0.15) is 0 Å². The molecule has 1 fully saturated rings. The molecular weight excluding hydrogens is 426 g/mol. The molecule has 5 atom stereocenters. The number of para-hydroxylation sites is 2. The van der Waals surface area contributed by atoms with Gasteiger partial charge in [0.05, 0.1) is 18.9 Å². The molecule has 1 aliphatic heterocycles. The number of carboxylic acids is 3. The van der Waals surface area contributed by atoms with E-state index in [9.17, 15) is 34.5 Å². The van der Waals surface area contributed by atoms with Crippen LogP contribution in [0.3, 0.4) is 0 Å². The number of carbonyl (C=O) groups excluding carboxylic acids is 1. The number of carboxylic acid groups (broad SMARTS) is 3. The summed E-state index contributed by atoms with van der Waals surface area (Å²) in [5, 5.41) is 28.4. The van der Waals surface area contributed by atoms with E-state index in [0.29, 0.717) is 11.1 Å². The molecule has 32 heavy (non-hydrogen) atoms. The smallest absolute Gasteiger partial charge is 0.303 e. The number of esters is 1. The topological polar surface area (TPSA) is 173 Å². The maximum Gasteiger partial charge on any atom is 0.303 e. The Bertz CT molecular complexity index is 982. The van der Waals surface area contributed by atoms with Crippen LogP contribution in [-0.2, 0) is 28.7 Å². The molecule has 172 valence electrons. The molecule has 3 N–H and O–H groups in total. The molecule has 0 amide bonds. The fourth-order valence-electron chi connectivity index (χ4n) is 4.27. The van der Waals surface area contributed by atoms with E-state index >= 15 is 0 Å². The third-order valence-corrected chi connectivity index (χ3v) is 5.52. The van der Waals surface area contributed by atoms with Gasteiger partial charge in [-0.1, -0.05) is 12.1 Å². The van der Waals surface area contributed by atoms with Crippen LogP contribution in [0.25, 0.3) is 11.1 Å². The molecule has 2 aromatic rings. The van der Waals surface area contributed by atoms with E-state index in [1.165, 1.54) is 6.92 Å². The van der Waals surface area contributed by atoms with Crippen LogP contribution >= 0.6 is 0 Å². The normalized spacial score (nSPS) is 25.3. The average Bonchev–Trinajstić information content (AvgIpc) is 3.12. The molecule has 1 saturated heterocycles. The lowest BCUT2D eigenvalue weighted by atomic mass is 9.69. The molecule has 3 rings (SSSR count). The molecular formula is C21H23NO10. The lowest BCUT2D eigenvalue weighted by Crippen LogP contribution is -2.48. The third kappa shape index (κ3) is 5.41. The Morgan fingerprint density at radius 3 is 2.12 bits per heavy atom. The summed E-state index contributed by atoms with van der Waals surface area (Å²) >= 11 is 0. The van der Waals surface area contributed by atoms with Crippen LogP contribution in [0.2, 0.25) is 0 Å². The summed E-state index contributed by atoms with van der Waals surface area (Å²) in [5.74, 6) is -6.96. The second-order valence-corrected chi connectivity index (χ2v) is 7.70. The summed E-state index contributed by atoms with van der Waals surface area (Å²) in [6.07, 6.45) is -3.54. The minimum Gasteiger partial charge on any atom is -0.481 e. The zero-order valence-corrected chi connectivity index (χ0v) is 17.2. The molecule has 11 heteroatoms. The quantitative estimate of drug-likeness (QED) is 0.478. The molecule has 1 aliphatic rings. The van der Waals surface area contributed by atoms with E-state index in [0.717, 1.165) is 0 Å². The van der Waals surface area contributed by atoms with Crippen molar-refractivity contribution in [1.82, 2.24) is 4.98 Å². The minimum absolute atomic E-state index is 0.0504. The van der Waals surface area contributed by atoms with Crippen molar-refractivity contribution in [2.24, 2.45) is 17.8 Å². The van der Waals surface area contributed by atoms with Crippen molar-refractivity contribution in [3.05, 3.63) is 30.2 Å². The molecule has 0 unspecified atom stereocenters. The standard InChI is InChI=1S/C21H23NO10/c1-10(23)30-9-16-12(7-18(26)27)11(6-17(24)25)13(8-19(28)29)20(31-16)21-22-14-4-2-3-5-15(14)32-21/h2-5,11-13,16,20H,6-9H2,1H3,(H,24,25)(H,26,27)(H,28,29)/t11-,12-,13+,16-,20-/m0/s1. The summed E-state index contributed by atoms with van der Waals surface area (Å²) in [4.78, 5) is 50.5. The third-order valence-electron chi connectivity index (χ3n) is 5.52. The monoisotopic (exact) mass is 449 g/mol. The summed E-state index contributed by atoms with van der Waals surface area (Å²) < 4.78 is 16.8. The summed E-state index contributed by atoms with van der Waals surface area (Å²) in [6, 6.07) is 6.83. The van der Waals surface area contributed by atoms with Crippen molar-refractivity contribution >= 4 is 35.0 Å². The first kappa shape index (κ1) is 23.2. The lowest BCUT2D eigenvalue weighted by Gasteiger charge is -2.45. The van der Waals surface area contributed by atoms with E-state index < -0.39 is 73.1 Å². The van der Waals surface area contributed by atoms with Crippen LogP contribution in [-0.4, -0.2) is 56.9 Å². The molecule has 0 radical (unpaired) electrons. The largest absolute Gasteiger partial charge is 0.481 e. The van der Waals surface area contributed by atoms with Gasteiger partial charge >= 0.3 is 23.9 Å². The van der Waals surface area contributed by atoms with Crippen molar-refractivity contribution < 1.29 is 48.4 Å². The lowest BCUT2D eigenvalue weighted by molar-refractivity contribution is -0.193. The molecule has 11 nitrogen and oxygen atoms in total. The van der Waals surface area contributed by atoms with Crippen LogP contribution in [0.5, 0.6) is 0 Å². The van der Waals surface area contributed by atoms with Gasteiger partial charge in [-0.3, -0.25) is 19.2 Å². The number of fused-ring (bicyclic) bond motifs is 1. The van der Waals surface area contributed by atoms with Gasteiger partial charge in [-0.25, -0.2) is 4.98 Å². The molecule has 0 saturated carbocycles. The van der Waals surface area contributed by atoms with Gasteiger partial charge in [0.1, 0.15) is 18.2 Å². The molecule has 1 aromatic carbocycles. The highest BCUT2D eigenvalue weighted by molar-refractivity contribution is 5.73. The second kappa shape index (κ2) is 9.77. The Balaban J connectivity index is 2.07. The number of nitrogens with zero attached hydrogens (tertiary/aromatic N) is 1. The van der Waals surface area contributed by atoms with Gasteiger partial charge in [-0.15, -0.1) is 0 Å². The summed E-state index contributed by atoms with van der Waals surface area (Å²) in [6.45, 7) is 0.856. The second-order valence-electron chi connectivity index (χ2n) is 7.70. The number of hydrogen-bond acceptors (Lipinski definition) is 8. The molecule has 0 bridgehead atoms. The van der Waals surface area contributed by atoms with Crippen LogP contribution < -0.4 is 0 Å². The van der Waals surface area contributed by atoms with Gasteiger partial charge < -0.3 is 29.2 Å². The van der Waals surface area contributed by atoms with Crippen molar-refractivity contribution in [2.75, 3.05) is 6.61 Å². The van der Waals surface area contributed by atoms with Gasteiger partial charge in [0.2, 0.25) is 5.89 Å². The maximum atomic E-state index is 11.6. The number of oxazole rings is 1. The number of hydrogen-bond donors (Lipinski definition) is 3. The minimum atomic E-state index is -1.22. The number of benzene rings is 1.